The fourth-order valence-electron chi connectivity index (χ4n) is 3.73. The second kappa shape index (κ2) is 9.29. The molecule has 2 aromatic rings. The summed E-state index contributed by atoms with van der Waals surface area (Å²) in [6, 6.07) is 8.13. The maximum absolute atomic E-state index is 12.7. The van der Waals surface area contributed by atoms with Crippen molar-refractivity contribution in [3.63, 3.8) is 0 Å². The monoisotopic (exact) mass is 438 g/mol. The van der Waals surface area contributed by atoms with Crippen LogP contribution in [0.4, 0.5) is 18.9 Å². The predicted octanol–water partition coefficient (Wildman–Crippen LogP) is 2.21. The minimum atomic E-state index is -5.08. The number of hydrogen-bond acceptors (Lipinski definition) is 6. The van der Waals surface area contributed by atoms with Crippen molar-refractivity contribution >= 4 is 17.6 Å². The van der Waals surface area contributed by atoms with Gasteiger partial charge in [-0.1, -0.05) is 12.1 Å². The second-order valence-electron chi connectivity index (χ2n) is 7.26. The van der Waals surface area contributed by atoms with Crippen molar-refractivity contribution in [2.45, 2.75) is 12.7 Å². The topological polar surface area (TPSA) is 95.9 Å². The molecule has 4 rings (SSSR count). The fourth-order valence-corrected chi connectivity index (χ4v) is 3.73. The molecule has 2 fully saturated rings. The number of fused-ring (bicyclic) bond motifs is 1. The number of benzene rings is 1. The van der Waals surface area contributed by atoms with Crippen molar-refractivity contribution in [2.24, 2.45) is 11.8 Å². The molecule has 2 saturated heterocycles. The minimum Gasteiger partial charge on any atom is -0.497 e. The lowest BCUT2D eigenvalue weighted by Crippen LogP contribution is -2.32. The van der Waals surface area contributed by atoms with E-state index < -0.39 is 12.1 Å². The van der Waals surface area contributed by atoms with Crippen LogP contribution in [0.5, 0.6) is 5.75 Å². The van der Waals surface area contributed by atoms with E-state index in [2.05, 4.69) is 27.0 Å². The van der Waals surface area contributed by atoms with Crippen LogP contribution in [0.15, 0.2) is 43.0 Å². The summed E-state index contributed by atoms with van der Waals surface area (Å²) in [6.45, 7) is 3.40. The van der Waals surface area contributed by atoms with Crippen LogP contribution in [0.3, 0.4) is 0 Å². The van der Waals surface area contributed by atoms with Gasteiger partial charge in [0, 0.05) is 32.1 Å². The Morgan fingerprint density at radius 3 is 2.29 bits per heavy atom. The van der Waals surface area contributed by atoms with E-state index in [9.17, 15) is 18.0 Å². The molecule has 2 atom stereocenters. The van der Waals surface area contributed by atoms with Crippen LogP contribution >= 0.6 is 0 Å². The average Bonchev–Trinajstić information content (AvgIpc) is 3.27. The number of likely N-dealkylation sites (tertiary alicyclic amines) is 1. The molecule has 0 radical (unpaired) electrons. The molecule has 11 heteroatoms. The summed E-state index contributed by atoms with van der Waals surface area (Å²) in [6.07, 6.45) is -0.177. The van der Waals surface area contributed by atoms with Gasteiger partial charge in [-0.25, -0.2) is 14.8 Å². The Kier molecular flexibility index (Phi) is 6.74. The van der Waals surface area contributed by atoms with Crippen molar-refractivity contribution in [3.05, 3.63) is 48.5 Å². The van der Waals surface area contributed by atoms with Crippen LogP contribution < -0.4 is 9.64 Å². The van der Waals surface area contributed by atoms with Crippen LogP contribution in [0.2, 0.25) is 0 Å². The van der Waals surface area contributed by atoms with Crippen LogP contribution in [0.1, 0.15) is 5.56 Å². The van der Waals surface area contributed by atoms with Crippen molar-refractivity contribution in [2.75, 3.05) is 31.6 Å². The molecule has 1 N–H and O–H groups in total. The summed E-state index contributed by atoms with van der Waals surface area (Å²) < 4.78 is 36.9. The number of halogens is 3. The zero-order valence-corrected chi connectivity index (χ0v) is 16.6. The quantitative estimate of drug-likeness (QED) is 0.782. The number of nitrogens with zero attached hydrogens (tertiary/aromatic N) is 4. The van der Waals surface area contributed by atoms with E-state index in [0.717, 1.165) is 37.6 Å². The standard InChI is InChI=1S/C18H20N4O2.C2HF3O2/c1-24-16-4-2-13(3-5-16)8-21-9-14-10-22(18(23)17(14)11-21)15-6-19-12-20-7-15;3-2(4,5)1(6)7/h2-7,12,14,17H,8-11H2,1H3;(H,6,7)/t14-,17-;/m0./s1. The van der Waals surface area contributed by atoms with Gasteiger partial charge < -0.3 is 14.7 Å². The first-order valence-corrected chi connectivity index (χ1v) is 9.41. The first kappa shape index (κ1) is 22.5. The summed E-state index contributed by atoms with van der Waals surface area (Å²) in [5, 5.41) is 7.12. The molecule has 0 saturated carbocycles. The Hall–Kier alpha value is -3.21. The molecule has 0 aliphatic carbocycles. The van der Waals surface area contributed by atoms with E-state index in [4.69, 9.17) is 14.6 Å². The van der Waals surface area contributed by atoms with Crippen molar-refractivity contribution < 1.29 is 32.6 Å². The zero-order chi connectivity index (χ0) is 22.6. The summed E-state index contributed by atoms with van der Waals surface area (Å²) in [5.74, 6) is -1.22. The molecule has 1 aromatic heterocycles. The van der Waals surface area contributed by atoms with Gasteiger partial charge in [-0.05, 0) is 17.7 Å². The molecule has 2 aliphatic rings. The molecule has 0 unspecified atom stereocenters. The first-order chi connectivity index (χ1) is 14.7. The average molecular weight is 438 g/mol. The predicted molar refractivity (Wildman–Crippen MR) is 103 cm³/mol. The number of hydrogen-bond donors (Lipinski definition) is 1. The van der Waals surface area contributed by atoms with Gasteiger partial charge in [-0.3, -0.25) is 9.69 Å². The molecular weight excluding hydrogens is 417 g/mol. The number of carboxylic acids is 1. The number of aliphatic carboxylic acids is 1. The van der Waals surface area contributed by atoms with Gasteiger partial charge in [0.2, 0.25) is 5.91 Å². The first-order valence-electron chi connectivity index (χ1n) is 9.41. The minimum absolute atomic E-state index is 0.0865. The molecule has 0 bridgehead atoms. The van der Waals surface area contributed by atoms with Crippen LogP contribution in [0, 0.1) is 11.8 Å². The second-order valence-corrected chi connectivity index (χ2v) is 7.26. The normalized spacial score (nSPS) is 20.8. The molecule has 8 nitrogen and oxygen atoms in total. The number of amides is 1. The van der Waals surface area contributed by atoms with E-state index in [1.54, 1.807) is 19.5 Å². The van der Waals surface area contributed by atoms with Gasteiger partial charge in [-0.15, -0.1) is 0 Å². The maximum Gasteiger partial charge on any atom is 0.490 e. The Morgan fingerprint density at radius 1 is 1.16 bits per heavy atom. The number of ether oxygens (including phenoxy) is 1. The molecule has 1 aromatic carbocycles. The highest BCUT2D eigenvalue weighted by molar-refractivity contribution is 5.97. The van der Waals surface area contributed by atoms with Crippen molar-refractivity contribution in [1.29, 1.82) is 0 Å². The number of carboxylic acid groups (broad SMARTS) is 1. The zero-order valence-electron chi connectivity index (χ0n) is 16.6. The highest BCUT2D eigenvalue weighted by Gasteiger charge is 2.46. The van der Waals surface area contributed by atoms with E-state index in [1.807, 2.05) is 17.0 Å². The van der Waals surface area contributed by atoms with Gasteiger partial charge in [0.15, 0.2) is 0 Å². The van der Waals surface area contributed by atoms with Gasteiger partial charge in [-0.2, -0.15) is 13.2 Å². The van der Waals surface area contributed by atoms with E-state index in [0.29, 0.717) is 5.92 Å². The third-order valence-electron chi connectivity index (χ3n) is 5.18. The lowest BCUT2D eigenvalue weighted by atomic mass is 10.0. The van der Waals surface area contributed by atoms with Gasteiger partial charge >= 0.3 is 12.1 Å². The molecule has 166 valence electrons. The fraction of sp³-hybridized carbons (Fsp3) is 0.400. The number of rotatable bonds is 4. The molecule has 3 heterocycles. The summed E-state index contributed by atoms with van der Waals surface area (Å²) in [4.78, 5) is 33.8. The van der Waals surface area contributed by atoms with Crippen LogP contribution in [-0.4, -0.2) is 64.8 Å². The number of alkyl halides is 3. The number of aromatic nitrogens is 2. The third-order valence-corrected chi connectivity index (χ3v) is 5.18. The van der Waals surface area contributed by atoms with Crippen LogP contribution in [0.25, 0.3) is 0 Å². The van der Waals surface area contributed by atoms with E-state index >= 15 is 0 Å². The van der Waals surface area contributed by atoms with Gasteiger partial charge in [0.25, 0.3) is 0 Å². The smallest absolute Gasteiger partial charge is 0.490 e. The third kappa shape index (κ3) is 5.48. The molecule has 0 spiro atoms. The Balaban J connectivity index is 0.000000339. The Morgan fingerprint density at radius 2 is 1.77 bits per heavy atom. The van der Waals surface area contributed by atoms with E-state index in [-0.39, 0.29) is 11.8 Å². The number of carbonyl (C=O) groups is 2. The van der Waals surface area contributed by atoms with Crippen LogP contribution in [-0.2, 0) is 16.1 Å². The highest BCUT2D eigenvalue weighted by Crippen LogP contribution is 2.35. The molecular formula is C20H21F3N4O4. The largest absolute Gasteiger partial charge is 0.497 e. The summed E-state index contributed by atoms with van der Waals surface area (Å²) >= 11 is 0. The van der Waals surface area contributed by atoms with Gasteiger partial charge in [0.1, 0.15) is 12.1 Å². The molecule has 31 heavy (non-hydrogen) atoms. The number of anilines is 1. The summed E-state index contributed by atoms with van der Waals surface area (Å²) in [7, 11) is 1.67. The Labute approximate surface area is 176 Å². The van der Waals surface area contributed by atoms with Gasteiger partial charge in [0.05, 0.1) is 31.1 Å². The maximum atomic E-state index is 12.7. The van der Waals surface area contributed by atoms with E-state index in [1.165, 1.54) is 11.9 Å². The molecule has 1 amide bonds. The van der Waals surface area contributed by atoms with Crippen molar-refractivity contribution in [1.82, 2.24) is 14.9 Å². The molecule has 2 aliphatic heterocycles. The number of carbonyl (C=O) groups excluding carboxylic acids is 1. The lowest BCUT2D eigenvalue weighted by molar-refractivity contribution is -0.192. The van der Waals surface area contributed by atoms with Crippen molar-refractivity contribution in [3.8, 4) is 5.75 Å². The SMILES string of the molecule is COc1ccc(CN2C[C@H]3CN(c4cncnc4)C(=O)[C@H]3C2)cc1.O=C(O)C(F)(F)F. The Bertz CT molecular complexity index is 909. The summed E-state index contributed by atoms with van der Waals surface area (Å²) in [5.41, 5.74) is 2.05. The highest BCUT2D eigenvalue weighted by atomic mass is 19.4. The lowest BCUT2D eigenvalue weighted by Gasteiger charge is -2.21. The number of methoxy groups -OCH3 is 1.